The van der Waals surface area contributed by atoms with Gasteiger partial charge in [0.2, 0.25) is 10.0 Å². The van der Waals surface area contributed by atoms with Crippen molar-refractivity contribution in [1.82, 2.24) is 0 Å². The molecule has 0 unspecified atom stereocenters. The number of methoxy groups -OCH3 is 1. The molecule has 2 aromatic rings. The zero-order valence-corrected chi connectivity index (χ0v) is 16.5. The fraction of sp³-hybridized carbons (Fsp3) is 0.300. The average molecular weight is 400 g/mol. The number of rotatable bonds is 7. The summed E-state index contributed by atoms with van der Waals surface area (Å²) in [5.74, 6) is 0.552. The van der Waals surface area contributed by atoms with E-state index in [9.17, 15) is 13.2 Å². The summed E-state index contributed by atoms with van der Waals surface area (Å²) >= 11 is 0. The number of nitriles is 1. The van der Waals surface area contributed by atoms with E-state index in [2.05, 4.69) is 0 Å². The standard InChI is InChI=1S/C20H20N2O5S/c1-3-28(24,25)22-9-8-15-11-16(5-6-17(15)22)18(23)13-27-19-7-4-14(12-21)10-20(19)26-2/h4-7,10-11H,3,8-9,13H2,1-2H3. The molecule has 7 nitrogen and oxygen atoms in total. The summed E-state index contributed by atoms with van der Waals surface area (Å²) in [6, 6.07) is 11.7. The first-order chi connectivity index (χ1) is 13.4. The van der Waals surface area contributed by atoms with Crippen LogP contribution in [0.2, 0.25) is 0 Å². The molecule has 1 heterocycles. The van der Waals surface area contributed by atoms with E-state index in [0.717, 1.165) is 5.56 Å². The molecule has 3 rings (SSSR count). The number of fused-ring (bicyclic) bond motifs is 1. The summed E-state index contributed by atoms with van der Waals surface area (Å²) in [7, 11) is -1.86. The van der Waals surface area contributed by atoms with Crippen LogP contribution in [0.3, 0.4) is 0 Å². The highest BCUT2D eigenvalue weighted by atomic mass is 32.2. The highest BCUT2D eigenvalue weighted by Crippen LogP contribution is 2.32. The fourth-order valence-electron chi connectivity index (χ4n) is 3.07. The number of ether oxygens (including phenoxy) is 2. The summed E-state index contributed by atoms with van der Waals surface area (Å²) in [6.07, 6.45) is 0.569. The third kappa shape index (κ3) is 3.80. The second-order valence-corrected chi connectivity index (χ2v) is 8.44. The molecule has 146 valence electrons. The Kier molecular flexibility index (Phi) is 5.56. The Morgan fingerprint density at radius 3 is 2.68 bits per heavy atom. The summed E-state index contributed by atoms with van der Waals surface area (Å²) < 4.78 is 36.5. The zero-order valence-electron chi connectivity index (χ0n) is 15.6. The van der Waals surface area contributed by atoms with Crippen molar-refractivity contribution in [2.24, 2.45) is 0 Å². The van der Waals surface area contributed by atoms with Crippen LogP contribution in [0.4, 0.5) is 5.69 Å². The lowest BCUT2D eigenvalue weighted by Crippen LogP contribution is -2.30. The van der Waals surface area contributed by atoms with E-state index >= 15 is 0 Å². The lowest BCUT2D eigenvalue weighted by molar-refractivity contribution is 0.0919. The summed E-state index contributed by atoms with van der Waals surface area (Å²) in [6.45, 7) is 1.81. The largest absolute Gasteiger partial charge is 0.493 e. The van der Waals surface area contributed by atoms with Crippen LogP contribution >= 0.6 is 0 Å². The van der Waals surface area contributed by atoms with Crippen LogP contribution in [0.5, 0.6) is 11.5 Å². The first-order valence-corrected chi connectivity index (χ1v) is 10.4. The van der Waals surface area contributed by atoms with Crippen molar-refractivity contribution >= 4 is 21.5 Å². The number of carbonyl (C=O) groups excluding carboxylic acids is 1. The summed E-state index contributed by atoms with van der Waals surface area (Å²) in [4.78, 5) is 12.5. The molecule has 0 fully saturated rings. The molecular formula is C20H20N2O5S. The molecule has 0 radical (unpaired) electrons. The minimum Gasteiger partial charge on any atom is -0.493 e. The van der Waals surface area contributed by atoms with Crippen LogP contribution < -0.4 is 13.8 Å². The maximum atomic E-state index is 12.5. The van der Waals surface area contributed by atoms with Crippen molar-refractivity contribution in [2.45, 2.75) is 13.3 Å². The highest BCUT2D eigenvalue weighted by molar-refractivity contribution is 7.92. The lowest BCUT2D eigenvalue weighted by Gasteiger charge is -2.18. The maximum Gasteiger partial charge on any atom is 0.234 e. The Balaban J connectivity index is 1.74. The third-order valence-corrected chi connectivity index (χ3v) is 6.39. The third-order valence-electron chi connectivity index (χ3n) is 4.61. The van der Waals surface area contributed by atoms with Crippen molar-refractivity contribution in [3.8, 4) is 17.6 Å². The van der Waals surface area contributed by atoms with Gasteiger partial charge in [-0.2, -0.15) is 5.26 Å². The molecule has 2 aromatic carbocycles. The molecule has 0 aliphatic carbocycles. The van der Waals surface area contributed by atoms with Gasteiger partial charge in [-0.05, 0) is 49.2 Å². The van der Waals surface area contributed by atoms with Crippen LogP contribution in [0.1, 0.15) is 28.4 Å². The van der Waals surface area contributed by atoms with Gasteiger partial charge in [0.25, 0.3) is 0 Å². The quantitative estimate of drug-likeness (QED) is 0.663. The van der Waals surface area contributed by atoms with Crippen LogP contribution in [-0.4, -0.2) is 40.2 Å². The number of Topliss-reactive ketones (excluding diaryl/α,β-unsaturated/α-hetero) is 1. The van der Waals surface area contributed by atoms with Crippen molar-refractivity contribution in [3.63, 3.8) is 0 Å². The fourth-order valence-corrected chi connectivity index (χ4v) is 4.23. The van der Waals surface area contributed by atoms with Crippen molar-refractivity contribution < 1.29 is 22.7 Å². The molecule has 0 amide bonds. The van der Waals surface area contributed by atoms with Gasteiger partial charge in [0.1, 0.15) is 0 Å². The van der Waals surface area contributed by atoms with E-state index in [1.807, 2.05) is 6.07 Å². The number of nitrogens with zero attached hydrogens (tertiary/aromatic N) is 2. The average Bonchev–Trinajstić information content (AvgIpc) is 3.15. The van der Waals surface area contributed by atoms with Crippen LogP contribution in [0.15, 0.2) is 36.4 Å². The van der Waals surface area contributed by atoms with E-state index in [4.69, 9.17) is 14.7 Å². The molecule has 0 bridgehead atoms. The Hall–Kier alpha value is -3.05. The number of hydrogen-bond acceptors (Lipinski definition) is 6. The first-order valence-electron chi connectivity index (χ1n) is 8.77. The van der Waals surface area contributed by atoms with Gasteiger partial charge in [-0.3, -0.25) is 9.10 Å². The van der Waals surface area contributed by atoms with E-state index in [0.29, 0.717) is 41.3 Å². The highest BCUT2D eigenvalue weighted by Gasteiger charge is 2.28. The number of sulfonamides is 1. The van der Waals surface area contributed by atoms with E-state index < -0.39 is 10.0 Å². The Morgan fingerprint density at radius 2 is 2.00 bits per heavy atom. The van der Waals surface area contributed by atoms with Crippen molar-refractivity contribution in [2.75, 3.05) is 30.3 Å². The van der Waals surface area contributed by atoms with Crippen LogP contribution in [0, 0.1) is 11.3 Å². The van der Waals surface area contributed by atoms with Gasteiger partial charge in [-0.25, -0.2) is 8.42 Å². The molecule has 8 heteroatoms. The first kappa shape index (κ1) is 19.7. The van der Waals surface area contributed by atoms with Gasteiger partial charge in [0, 0.05) is 18.2 Å². The van der Waals surface area contributed by atoms with Gasteiger partial charge >= 0.3 is 0 Å². The molecule has 1 aliphatic heterocycles. The molecule has 1 aliphatic rings. The smallest absolute Gasteiger partial charge is 0.234 e. The maximum absolute atomic E-state index is 12.5. The summed E-state index contributed by atoms with van der Waals surface area (Å²) in [5, 5.41) is 8.94. The van der Waals surface area contributed by atoms with Crippen molar-refractivity contribution in [3.05, 3.63) is 53.1 Å². The number of ketones is 1. The van der Waals surface area contributed by atoms with Crippen molar-refractivity contribution in [1.29, 1.82) is 5.26 Å². The Morgan fingerprint density at radius 1 is 1.21 bits per heavy atom. The van der Waals surface area contributed by atoms with E-state index in [1.54, 1.807) is 37.3 Å². The number of hydrogen-bond donors (Lipinski definition) is 0. The second kappa shape index (κ2) is 7.90. The molecule has 28 heavy (non-hydrogen) atoms. The Labute approximate surface area is 164 Å². The van der Waals surface area contributed by atoms with Gasteiger partial charge < -0.3 is 9.47 Å². The zero-order chi connectivity index (χ0) is 20.3. The lowest BCUT2D eigenvalue weighted by atomic mass is 10.1. The molecule has 0 N–H and O–H groups in total. The molecule has 0 atom stereocenters. The topological polar surface area (TPSA) is 96.7 Å². The minimum absolute atomic E-state index is 0.0351. The number of carbonyl (C=O) groups is 1. The SMILES string of the molecule is CCS(=O)(=O)N1CCc2cc(C(=O)COc3ccc(C#N)cc3OC)ccc21. The number of benzene rings is 2. The van der Waals surface area contributed by atoms with E-state index in [1.165, 1.54) is 17.5 Å². The minimum atomic E-state index is -3.32. The molecule has 0 aromatic heterocycles. The second-order valence-electron chi connectivity index (χ2n) is 6.26. The number of anilines is 1. The predicted molar refractivity (Wildman–Crippen MR) is 104 cm³/mol. The van der Waals surface area contributed by atoms with Gasteiger partial charge in [0.05, 0.1) is 30.2 Å². The normalized spacial score (nSPS) is 13.0. The molecule has 0 saturated heterocycles. The van der Waals surface area contributed by atoms with Gasteiger partial charge in [-0.1, -0.05) is 0 Å². The Bertz CT molecular complexity index is 1060. The monoisotopic (exact) mass is 400 g/mol. The van der Waals surface area contributed by atoms with E-state index in [-0.39, 0.29) is 18.1 Å². The predicted octanol–water partition coefficient (Wildman–Crippen LogP) is 2.54. The summed E-state index contributed by atoms with van der Waals surface area (Å²) in [5.41, 5.74) is 2.36. The van der Waals surface area contributed by atoms with Crippen LogP contribution in [-0.2, 0) is 16.4 Å². The van der Waals surface area contributed by atoms with Gasteiger partial charge in [0.15, 0.2) is 23.9 Å². The molecule has 0 saturated carbocycles. The molecular weight excluding hydrogens is 380 g/mol. The van der Waals surface area contributed by atoms with Gasteiger partial charge in [-0.15, -0.1) is 0 Å². The van der Waals surface area contributed by atoms with Crippen LogP contribution in [0.25, 0.3) is 0 Å². The molecule has 0 spiro atoms.